The van der Waals surface area contributed by atoms with Gasteiger partial charge in [-0.05, 0) is 18.6 Å². The fourth-order valence-corrected chi connectivity index (χ4v) is 1.88. The number of para-hydroxylation sites is 2. The first kappa shape index (κ1) is 14.4. The molecule has 0 heterocycles. The third kappa shape index (κ3) is 3.65. The summed E-state index contributed by atoms with van der Waals surface area (Å²) in [6.45, 7) is 5.11. The monoisotopic (exact) mass is 251 g/mol. The lowest BCUT2D eigenvalue weighted by molar-refractivity contribution is -0.140. The van der Waals surface area contributed by atoms with E-state index in [-0.39, 0.29) is 0 Å². The Morgan fingerprint density at radius 3 is 2.67 bits per heavy atom. The number of carboxylic acids is 1. The minimum atomic E-state index is -0.772. The molecular weight excluding hydrogens is 230 g/mol. The Morgan fingerprint density at radius 1 is 1.44 bits per heavy atom. The van der Waals surface area contributed by atoms with Crippen molar-refractivity contribution in [2.75, 3.05) is 25.1 Å². The lowest BCUT2D eigenvalue weighted by atomic mass is 10.1. The lowest BCUT2D eigenvalue weighted by Gasteiger charge is -2.27. The van der Waals surface area contributed by atoms with Crippen LogP contribution in [0.25, 0.3) is 0 Å². The molecule has 0 spiro atoms. The summed E-state index contributed by atoms with van der Waals surface area (Å²) in [5, 5.41) is 9.01. The summed E-state index contributed by atoms with van der Waals surface area (Å²) in [7, 11) is 1.63. The van der Waals surface area contributed by atoms with Gasteiger partial charge in [0.25, 0.3) is 0 Å². The largest absolute Gasteiger partial charge is 0.495 e. The molecule has 0 aliphatic rings. The minimum absolute atomic E-state index is 0.401. The number of carbonyl (C=O) groups is 1. The van der Waals surface area contributed by atoms with Crippen LogP contribution >= 0.6 is 0 Å². The van der Waals surface area contributed by atoms with Gasteiger partial charge in [-0.25, -0.2) is 0 Å². The first-order valence-electron chi connectivity index (χ1n) is 6.20. The predicted molar refractivity (Wildman–Crippen MR) is 72.3 cm³/mol. The maximum Gasteiger partial charge on any atom is 0.308 e. The van der Waals surface area contributed by atoms with E-state index in [9.17, 15) is 4.79 Å². The van der Waals surface area contributed by atoms with Gasteiger partial charge in [-0.3, -0.25) is 4.79 Å². The number of nitrogens with zero attached hydrogens (tertiary/aromatic N) is 1. The number of hydrogen-bond donors (Lipinski definition) is 1. The Hall–Kier alpha value is -1.71. The predicted octanol–water partition coefficient (Wildman–Crippen LogP) is 2.63. The van der Waals surface area contributed by atoms with Crippen molar-refractivity contribution in [3.8, 4) is 5.75 Å². The Bertz CT molecular complexity index is 392. The summed E-state index contributed by atoms with van der Waals surface area (Å²) in [6.07, 6.45) is 0.963. The maximum absolute atomic E-state index is 11.0. The number of carboxylic acid groups (broad SMARTS) is 1. The minimum Gasteiger partial charge on any atom is -0.495 e. The molecule has 0 aliphatic carbocycles. The summed E-state index contributed by atoms with van der Waals surface area (Å²) in [5.41, 5.74) is 0.954. The van der Waals surface area contributed by atoms with Crippen molar-refractivity contribution in [3.63, 3.8) is 0 Å². The second kappa shape index (κ2) is 6.89. The molecule has 18 heavy (non-hydrogen) atoms. The Morgan fingerprint density at radius 2 is 2.11 bits per heavy atom. The first-order chi connectivity index (χ1) is 8.60. The lowest BCUT2D eigenvalue weighted by Crippen LogP contribution is -2.32. The number of hydrogen-bond acceptors (Lipinski definition) is 3. The van der Waals surface area contributed by atoms with Gasteiger partial charge in [-0.15, -0.1) is 0 Å². The van der Waals surface area contributed by atoms with Crippen LogP contribution < -0.4 is 9.64 Å². The van der Waals surface area contributed by atoms with E-state index in [0.717, 1.165) is 24.4 Å². The van der Waals surface area contributed by atoms with Crippen molar-refractivity contribution in [2.45, 2.75) is 20.3 Å². The van der Waals surface area contributed by atoms with Gasteiger partial charge in [0.15, 0.2) is 0 Å². The molecule has 0 aliphatic heterocycles. The van der Waals surface area contributed by atoms with E-state index in [1.807, 2.05) is 24.3 Å². The number of ether oxygens (including phenoxy) is 1. The standard InChI is InChI=1S/C14H21NO3/c1-4-9-15(10-11(2)14(16)17)12-7-5-6-8-13(12)18-3/h5-8,11H,4,9-10H2,1-3H3,(H,16,17). The third-order valence-electron chi connectivity index (χ3n) is 2.84. The number of benzene rings is 1. The summed E-state index contributed by atoms with van der Waals surface area (Å²) in [6, 6.07) is 7.70. The van der Waals surface area contributed by atoms with Gasteiger partial charge in [-0.2, -0.15) is 0 Å². The van der Waals surface area contributed by atoms with Crippen molar-refractivity contribution in [3.05, 3.63) is 24.3 Å². The summed E-state index contributed by atoms with van der Waals surface area (Å²) < 4.78 is 5.33. The molecule has 0 aromatic heterocycles. The molecule has 0 amide bonds. The van der Waals surface area contributed by atoms with Crippen LogP contribution in [0.3, 0.4) is 0 Å². The fourth-order valence-electron chi connectivity index (χ4n) is 1.88. The number of methoxy groups -OCH3 is 1. The average Bonchev–Trinajstić information content (AvgIpc) is 2.38. The van der Waals surface area contributed by atoms with Crippen LogP contribution in [0.2, 0.25) is 0 Å². The number of aliphatic carboxylic acids is 1. The van der Waals surface area contributed by atoms with Crippen LogP contribution in [0.15, 0.2) is 24.3 Å². The molecule has 1 aromatic rings. The van der Waals surface area contributed by atoms with Gasteiger partial charge >= 0.3 is 5.97 Å². The van der Waals surface area contributed by atoms with Crippen LogP contribution in [-0.4, -0.2) is 31.3 Å². The summed E-state index contributed by atoms with van der Waals surface area (Å²) >= 11 is 0. The molecule has 100 valence electrons. The average molecular weight is 251 g/mol. The normalized spacial score (nSPS) is 11.9. The molecule has 4 nitrogen and oxygen atoms in total. The van der Waals surface area contributed by atoms with E-state index in [0.29, 0.717) is 6.54 Å². The molecule has 1 unspecified atom stereocenters. The quantitative estimate of drug-likeness (QED) is 0.809. The van der Waals surface area contributed by atoms with Gasteiger partial charge in [0, 0.05) is 13.1 Å². The zero-order valence-corrected chi connectivity index (χ0v) is 11.2. The molecule has 0 fully saturated rings. The van der Waals surface area contributed by atoms with Crippen molar-refractivity contribution < 1.29 is 14.6 Å². The zero-order chi connectivity index (χ0) is 13.5. The Labute approximate surface area is 108 Å². The highest BCUT2D eigenvalue weighted by atomic mass is 16.5. The topological polar surface area (TPSA) is 49.8 Å². The van der Waals surface area contributed by atoms with E-state index in [2.05, 4.69) is 11.8 Å². The van der Waals surface area contributed by atoms with Crippen molar-refractivity contribution in [1.29, 1.82) is 0 Å². The molecule has 0 saturated heterocycles. The summed E-state index contributed by atoms with van der Waals surface area (Å²) in [5.74, 6) is -0.393. The maximum atomic E-state index is 11.0. The number of anilines is 1. The fraction of sp³-hybridized carbons (Fsp3) is 0.500. The van der Waals surface area contributed by atoms with Crippen molar-refractivity contribution >= 4 is 11.7 Å². The molecular formula is C14H21NO3. The molecule has 0 saturated carbocycles. The Kier molecular flexibility index (Phi) is 5.49. The molecule has 1 aromatic carbocycles. The van der Waals surface area contributed by atoms with E-state index >= 15 is 0 Å². The van der Waals surface area contributed by atoms with Crippen LogP contribution in [0.5, 0.6) is 5.75 Å². The first-order valence-corrected chi connectivity index (χ1v) is 6.20. The molecule has 0 bridgehead atoms. The van der Waals surface area contributed by atoms with Crippen LogP contribution in [-0.2, 0) is 4.79 Å². The third-order valence-corrected chi connectivity index (χ3v) is 2.84. The van der Waals surface area contributed by atoms with Crippen LogP contribution in [0.1, 0.15) is 20.3 Å². The van der Waals surface area contributed by atoms with Gasteiger partial charge in [-0.1, -0.05) is 26.0 Å². The van der Waals surface area contributed by atoms with Crippen LogP contribution in [0, 0.1) is 5.92 Å². The van der Waals surface area contributed by atoms with E-state index in [4.69, 9.17) is 9.84 Å². The molecule has 1 N–H and O–H groups in total. The zero-order valence-electron chi connectivity index (χ0n) is 11.2. The van der Waals surface area contributed by atoms with Gasteiger partial charge in [0.1, 0.15) is 5.75 Å². The second-order valence-corrected chi connectivity index (χ2v) is 4.36. The molecule has 4 heteroatoms. The molecule has 0 radical (unpaired) electrons. The van der Waals surface area contributed by atoms with Gasteiger partial charge in [0.05, 0.1) is 18.7 Å². The molecule has 1 rings (SSSR count). The highest BCUT2D eigenvalue weighted by Crippen LogP contribution is 2.28. The van der Waals surface area contributed by atoms with E-state index < -0.39 is 11.9 Å². The number of rotatable bonds is 7. The van der Waals surface area contributed by atoms with Crippen LogP contribution in [0.4, 0.5) is 5.69 Å². The molecule has 1 atom stereocenters. The van der Waals surface area contributed by atoms with Crippen molar-refractivity contribution in [2.24, 2.45) is 5.92 Å². The summed E-state index contributed by atoms with van der Waals surface area (Å²) in [4.78, 5) is 13.0. The van der Waals surface area contributed by atoms with Crippen molar-refractivity contribution in [1.82, 2.24) is 0 Å². The van der Waals surface area contributed by atoms with E-state index in [1.54, 1.807) is 14.0 Å². The van der Waals surface area contributed by atoms with E-state index in [1.165, 1.54) is 0 Å². The smallest absolute Gasteiger partial charge is 0.308 e. The SMILES string of the molecule is CCCN(CC(C)C(=O)O)c1ccccc1OC. The highest BCUT2D eigenvalue weighted by molar-refractivity contribution is 5.71. The second-order valence-electron chi connectivity index (χ2n) is 4.36. The van der Waals surface area contributed by atoms with Gasteiger partial charge in [0.2, 0.25) is 0 Å². The highest BCUT2D eigenvalue weighted by Gasteiger charge is 2.18. The Balaban J connectivity index is 2.92. The van der Waals surface area contributed by atoms with Gasteiger partial charge < -0.3 is 14.7 Å².